The lowest BCUT2D eigenvalue weighted by molar-refractivity contribution is -0.120. The van der Waals surface area contributed by atoms with Gasteiger partial charge in [-0.15, -0.1) is 0 Å². The molecule has 16 heavy (non-hydrogen) atoms. The lowest BCUT2D eigenvalue weighted by Crippen LogP contribution is -2.45. The number of carbonyl (C=O) groups excluding carboxylic acids is 1. The molecule has 0 fully saturated rings. The topological polar surface area (TPSA) is 64.3 Å². The average molecular weight is 222 g/mol. The predicted molar refractivity (Wildman–Crippen MR) is 63.3 cm³/mol. The molecular formula is C12H18N2O2. The van der Waals surface area contributed by atoms with E-state index in [2.05, 4.69) is 5.32 Å². The molecule has 0 aromatic heterocycles. The molecular weight excluding hydrogens is 204 g/mol. The number of primary amides is 1. The van der Waals surface area contributed by atoms with E-state index in [4.69, 9.17) is 10.5 Å². The largest absolute Gasteiger partial charge is 0.491 e. The number of benzene rings is 1. The fourth-order valence-corrected chi connectivity index (χ4v) is 1.30. The summed E-state index contributed by atoms with van der Waals surface area (Å²) in [6.45, 7) is 4.87. The van der Waals surface area contributed by atoms with Crippen molar-refractivity contribution in [1.29, 1.82) is 0 Å². The van der Waals surface area contributed by atoms with Crippen molar-refractivity contribution < 1.29 is 9.53 Å². The van der Waals surface area contributed by atoms with E-state index in [1.54, 1.807) is 0 Å². The van der Waals surface area contributed by atoms with Crippen LogP contribution in [0.3, 0.4) is 0 Å². The van der Waals surface area contributed by atoms with Crippen molar-refractivity contribution in [3.8, 4) is 5.75 Å². The second kappa shape index (κ2) is 6.12. The Morgan fingerprint density at radius 3 is 2.56 bits per heavy atom. The summed E-state index contributed by atoms with van der Waals surface area (Å²) in [4.78, 5) is 11.0. The van der Waals surface area contributed by atoms with Gasteiger partial charge < -0.3 is 15.8 Å². The van der Waals surface area contributed by atoms with Gasteiger partial charge in [0.1, 0.15) is 18.4 Å². The molecule has 1 unspecified atom stereocenters. The number of ether oxygens (including phenoxy) is 1. The van der Waals surface area contributed by atoms with Crippen LogP contribution >= 0.6 is 0 Å². The number of rotatable bonds is 6. The Bertz CT molecular complexity index is 335. The number of nitrogens with two attached hydrogens (primary N) is 1. The third-order valence-corrected chi connectivity index (χ3v) is 2.23. The van der Waals surface area contributed by atoms with Crippen LogP contribution in [0, 0.1) is 6.92 Å². The van der Waals surface area contributed by atoms with E-state index in [-0.39, 0.29) is 6.61 Å². The fraction of sp³-hybridized carbons (Fsp3) is 0.417. The minimum Gasteiger partial charge on any atom is -0.491 e. The zero-order valence-electron chi connectivity index (χ0n) is 9.69. The molecule has 1 atom stereocenters. The minimum absolute atomic E-state index is 0.256. The molecule has 0 aliphatic heterocycles. The van der Waals surface area contributed by atoms with E-state index in [0.717, 1.165) is 5.75 Å². The molecule has 1 aromatic rings. The van der Waals surface area contributed by atoms with E-state index in [9.17, 15) is 4.79 Å². The van der Waals surface area contributed by atoms with Crippen LogP contribution in [0.15, 0.2) is 24.3 Å². The summed E-state index contributed by atoms with van der Waals surface area (Å²) < 4.78 is 5.47. The number of nitrogens with one attached hydrogen (secondary N) is 1. The molecule has 4 nitrogen and oxygen atoms in total. The molecule has 1 rings (SSSR count). The molecule has 1 amide bonds. The molecule has 0 spiro atoms. The highest BCUT2D eigenvalue weighted by molar-refractivity contribution is 5.80. The number of carbonyl (C=O) groups is 1. The molecule has 0 aliphatic rings. The minimum atomic E-state index is -0.439. The Morgan fingerprint density at radius 2 is 2.06 bits per heavy atom. The van der Waals surface area contributed by atoms with Gasteiger partial charge in [0.15, 0.2) is 0 Å². The molecule has 0 saturated heterocycles. The van der Waals surface area contributed by atoms with Crippen LogP contribution in [-0.2, 0) is 4.79 Å². The summed E-state index contributed by atoms with van der Waals surface area (Å²) in [6.07, 6.45) is 0. The van der Waals surface area contributed by atoms with Crippen molar-refractivity contribution in [3.05, 3.63) is 29.8 Å². The maximum absolute atomic E-state index is 11.0. The van der Waals surface area contributed by atoms with Gasteiger partial charge in [0.2, 0.25) is 5.91 Å². The fourth-order valence-electron chi connectivity index (χ4n) is 1.30. The van der Waals surface area contributed by atoms with E-state index >= 15 is 0 Å². The number of likely N-dealkylation sites (N-methyl/N-ethyl adjacent to an activating group) is 1. The molecule has 88 valence electrons. The van der Waals surface area contributed by atoms with Gasteiger partial charge in [-0.3, -0.25) is 4.79 Å². The van der Waals surface area contributed by atoms with Gasteiger partial charge in [0, 0.05) is 0 Å². The number of amides is 1. The second-order valence-electron chi connectivity index (χ2n) is 3.64. The molecule has 3 N–H and O–H groups in total. The quantitative estimate of drug-likeness (QED) is 0.749. The summed E-state index contributed by atoms with van der Waals surface area (Å²) in [5.74, 6) is 0.351. The second-order valence-corrected chi connectivity index (χ2v) is 3.64. The monoisotopic (exact) mass is 222 g/mol. The number of aryl methyl sites for hydroxylation is 1. The highest BCUT2D eigenvalue weighted by Gasteiger charge is 2.14. The Morgan fingerprint density at radius 1 is 1.44 bits per heavy atom. The molecule has 0 radical (unpaired) electrons. The molecule has 0 saturated carbocycles. The summed E-state index contributed by atoms with van der Waals surface area (Å²) in [5.41, 5.74) is 6.40. The highest BCUT2D eigenvalue weighted by Crippen LogP contribution is 2.11. The van der Waals surface area contributed by atoms with Gasteiger partial charge in [-0.05, 0) is 25.6 Å². The van der Waals surface area contributed by atoms with Gasteiger partial charge in [0.05, 0.1) is 0 Å². The van der Waals surface area contributed by atoms with Crippen molar-refractivity contribution in [2.24, 2.45) is 5.73 Å². The van der Waals surface area contributed by atoms with Crippen molar-refractivity contribution >= 4 is 5.91 Å². The van der Waals surface area contributed by atoms with Crippen LogP contribution in [0.5, 0.6) is 5.75 Å². The first-order valence-electron chi connectivity index (χ1n) is 5.35. The Hall–Kier alpha value is -1.55. The first-order chi connectivity index (χ1) is 7.63. The Kier molecular flexibility index (Phi) is 4.79. The van der Waals surface area contributed by atoms with Crippen LogP contribution < -0.4 is 15.8 Å². The standard InChI is InChI=1S/C12H18N2O2/c1-3-14-11(12(13)15)8-16-10-6-4-9(2)5-7-10/h4-7,11,14H,3,8H2,1-2H3,(H2,13,15). The maximum atomic E-state index is 11.0. The van der Waals surface area contributed by atoms with E-state index < -0.39 is 11.9 Å². The average Bonchev–Trinajstić information content (AvgIpc) is 2.26. The van der Waals surface area contributed by atoms with Crippen LogP contribution in [0.4, 0.5) is 0 Å². The zero-order chi connectivity index (χ0) is 12.0. The highest BCUT2D eigenvalue weighted by atomic mass is 16.5. The van der Waals surface area contributed by atoms with Gasteiger partial charge in [0.25, 0.3) is 0 Å². The van der Waals surface area contributed by atoms with Crippen LogP contribution in [0.1, 0.15) is 12.5 Å². The smallest absolute Gasteiger partial charge is 0.238 e. The predicted octanol–water partition coefficient (Wildman–Crippen LogP) is 0.837. The Balaban J connectivity index is 2.48. The lowest BCUT2D eigenvalue weighted by atomic mass is 10.2. The van der Waals surface area contributed by atoms with Gasteiger partial charge in [-0.2, -0.15) is 0 Å². The lowest BCUT2D eigenvalue weighted by Gasteiger charge is -2.15. The van der Waals surface area contributed by atoms with E-state index in [0.29, 0.717) is 6.54 Å². The van der Waals surface area contributed by atoms with Crippen molar-refractivity contribution in [2.75, 3.05) is 13.2 Å². The van der Waals surface area contributed by atoms with Crippen molar-refractivity contribution in [1.82, 2.24) is 5.32 Å². The van der Waals surface area contributed by atoms with Crippen LogP contribution in [0.25, 0.3) is 0 Å². The van der Waals surface area contributed by atoms with Crippen LogP contribution in [0.2, 0.25) is 0 Å². The third-order valence-electron chi connectivity index (χ3n) is 2.23. The number of hydrogen-bond acceptors (Lipinski definition) is 3. The first kappa shape index (κ1) is 12.5. The van der Waals surface area contributed by atoms with Gasteiger partial charge >= 0.3 is 0 Å². The number of hydrogen-bond donors (Lipinski definition) is 2. The summed E-state index contributed by atoms with van der Waals surface area (Å²) in [5, 5.41) is 2.96. The Labute approximate surface area is 95.8 Å². The SMILES string of the molecule is CCNC(COc1ccc(C)cc1)C(N)=O. The molecule has 0 aliphatic carbocycles. The third kappa shape index (κ3) is 3.90. The van der Waals surface area contributed by atoms with Crippen molar-refractivity contribution in [2.45, 2.75) is 19.9 Å². The normalized spacial score (nSPS) is 12.1. The molecule has 1 aromatic carbocycles. The summed E-state index contributed by atoms with van der Waals surface area (Å²) >= 11 is 0. The molecule has 0 heterocycles. The zero-order valence-corrected chi connectivity index (χ0v) is 9.69. The summed E-state index contributed by atoms with van der Waals surface area (Å²) in [7, 11) is 0. The van der Waals surface area contributed by atoms with E-state index in [1.807, 2.05) is 38.1 Å². The van der Waals surface area contributed by atoms with E-state index in [1.165, 1.54) is 5.56 Å². The molecule has 4 heteroatoms. The summed E-state index contributed by atoms with van der Waals surface area (Å²) in [6, 6.07) is 7.23. The van der Waals surface area contributed by atoms with Crippen LogP contribution in [-0.4, -0.2) is 25.1 Å². The maximum Gasteiger partial charge on any atom is 0.238 e. The molecule has 0 bridgehead atoms. The van der Waals surface area contributed by atoms with Gasteiger partial charge in [-0.1, -0.05) is 24.6 Å². The van der Waals surface area contributed by atoms with Gasteiger partial charge in [-0.25, -0.2) is 0 Å². The first-order valence-corrected chi connectivity index (χ1v) is 5.35. The van der Waals surface area contributed by atoms with Crippen molar-refractivity contribution in [3.63, 3.8) is 0 Å².